The van der Waals surface area contributed by atoms with E-state index in [1.807, 2.05) is 0 Å². The number of hydrogen-bond acceptors (Lipinski definition) is 2. The number of alkyl halides is 2. The number of carbonyl (C=O) groups is 2. The molecular weight excluding hydrogens is 217 g/mol. The molecule has 0 aromatic rings. The van der Waals surface area contributed by atoms with Gasteiger partial charge in [0.2, 0.25) is 5.91 Å². The normalized spacial score (nSPS) is 23.8. The van der Waals surface area contributed by atoms with E-state index in [2.05, 4.69) is 0 Å². The molecule has 0 aliphatic heterocycles. The molecule has 1 N–H and O–H groups in total. The molecule has 0 radical (unpaired) electrons. The van der Waals surface area contributed by atoms with E-state index in [0.717, 1.165) is 4.90 Å². The van der Waals surface area contributed by atoms with Crippen molar-refractivity contribution in [2.24, 2.45) is 5.92 Å². The van der Waals surface area contributed by atoms with Crippen LogP contribution in [0.3, 0.4) is 0 Å². The molecule has 74 valence electrons. The first-order valence-corrected chi connectivity index (χ1v) is 4.45. The maximum atomic E-state index is 11.4. The first kappa shape index (κ1) is 10.6. The SMILES string of the molecule is CN(CC(=O)O)C(=O)C1CC1(Cl)Cl. The highest BCUT2D eigenvalue weighted by Gasteiger charge is 2.57. The second kappa shape index (κ2) is 3.35. The topological polar surface area (TPSA) is 57.6 Å². The summed E-state index contributed by atoms with van der Waals surface area (Å²) >= 11 is 11.3. The van der Waals surface area contributed by atoms with E-state index in [0.29, 0.717) is 6.42 Å². The predicted octanol–water partition coefficient (Wildman–Crippen LogP) is 0.723. The van der Waals surface area contributed by atoms with Crippen LogP contribution < -0.4 is 0 Å². The largest absolute Gasteiger partial charge is 0.480 e. The van der Waals surface area contributed by atoms with Gasteiger partial charge in [0.15, 0.2) is 0 Å². The molecule has 1 aliphatic rings. The minimum atomic E-state index is -1.05. The minimum absolute atomic E-state index is 0.313. The van der Waals surface area contributed by atoms with Gasteiger partial charge in [-0.05, 0) is 6.42 Å². The number of amides is 1. The smallest absolute Gasteiger partial charge is 0.323 e. The fraction of sp³-hybridized carbons (Fsp3) is 0.714. The maximum absolute atomic E-state index is 11.4. The van der Waals surface area contributed by atoms with Crippen molar-refractivity contribution in [1.82, 2.24) is 4.90 Å². The van der Waals surface area contributed by atoms with Crippen LogP contribution in [0.1, 0.15) is 6.42 Å². The summed E-state index contributed by atoms with van der Waals surface area (Å²) in [7, 11) is 1.42. The van der Waals surface area contributed by atoms with Gasteiger partial charge in [-0.3, -0.25) is 9.59 Å². The number of hydrogen-bond donors (Lipinski definition) is 1. The molecule has 1 atom stereocenters. The molecule has 0 saturated heterocycles. The predicted molar refractivity (Wildman–Crippen MR) is 47.8 cm³/mol. The number of aliphatic carboxylic acids is 1. The monoisotopic (exact) mass is 225 g/mol. The van der Waals surface area contributed by atoms with Gasteiger partial charge in [-0.15, -0.1) is 23.2 Å². The molecule has 6 heteroatoms. The molecule has 0 heterocycles. The van der Waals surface area contributed by atoms with Crippen LogP contribution in [-0.4, -0.2) is 39.8 Å². The third-order valence-corrected chi connectivity index (χ3v) is 2.71. The Morgan fingerprint density at radius 2 is 2.08 bits per heavy atom. The highest BCUT2D eigenvalue weighted by molar-refractivity contribution is 6.52. The Balaban J connectivity index is 2.45. The van der Waals surface area contributed by atoms with Crippen LogP contribution in [0.15, 0.2) is 0 Å². The lowest BCUT2D eigenvalue weighted by atomic mass is 10.3. The molecule has 1 amide bonds. The van der Waals surface area contributed by atoms with Crippen LogP contribution >= 0.6 is 23.2 Å². The zero-order valence-corrected chi connectivity index (χ0v) is 8.47. The van der Waals surface area contributed by atoms with Gasteiger partial charge in [0.25, 0.3) is 0 Å². The standard InChI is InChI=1S/C7H9Cl2NO3/c1-10(3-5(11)12)6(13)4-2-7(4,8)9/h4H,2-3H2,1H3,(H,11,12). The number of halogens is 2. The van der Waals surface area contributed by atoms with E-state index in [9.17, 15) is 9.59 Å². The third kappa shape index (κ3) is 2.48. The number of carboxylic acids is 1. The van der Waals surface area contributed by atoms with Gasteiger partial charge in [-0.2, -0.15) is 0 Å². The molecule has 0 bridgehead atoms. The highest BCUT2D eigenvalue weighted by atomic mass is 35.5. The van der Waals surface area contributed by atoms with E-state index >= 15 is 0 Å². The number of rotatable bonds is 3. The molecule has 0 spiro atoms. The fourth-order valence-electron chi connectivity index (χ4n) is 1.03. The lowest BCUT2D eigenvalue weighted by Gasteiger charge is -2.14. The van der Waals surface area contributed by atoms with Gasteiger partial charge < -0.3 is 10.0 Å². The Hall–Kier alpha value is -0.480. The van der Waals surface area contributed by atoms with Crippen LogP contribution in [0, 0.1) is 5.92 Å². The van der Waals surface area contributed by atoms with Crippen molar-refractivity contribution in [2.45, 2.75) is 10.8 Å². The number of carboxylic acid groups (broad SMARTS) is 1. The summed E-state index contributed by atoms with van der Waals surface area (Å²) in [6.07, 6.45) is 0.402. The van der Waals surface area contributed by atoms with Crippen LogP contribution in [0.25, 0.3) is 0 Å². The van der Waals surface area contributed by atoms with E-state index in [1.54, 1.807) is 0 Å². The molecule has 0 aromatic heterocycles. The van der Waals surface area contributed by atoms with Crippen molar-refractivity contribution in [1.29, 1.82) is 0 Å². The number of carbonyl (C=O) groups excluding carboxylic acids is 1. The molecule has 1 unspecified atom stereocenters. The summed E-state index contributed by atoms with van der Waals surface area (Å²) in [5, 5.41) is 8.41. The Bertz CT molecular complexity index is 254. The minimum Gasteiger partial charge on any atom is -0.480 e. The average molecular weight is 226 g/mol. The molecule has 1 fully saturated rings. The zero-order chi connectivity index (χ0) is 10.2. The van der Waals surface area contributed by atoms with E-state index in [1.165, 1.54) is 7.05 Å². The van der Waals surface area contributed by atoms with Gasteiger partial charge in [0.1, 0.15) is 10.9 Å². The molecule has 4 nitrogen and oxygen atoms in total. The Morgan fingerprint density at radius 3 is 2.38 bits per heavy atom. The van der Waals surface area contributed by atoms with Crippen molar-refractivity contribution in [3.8, 4) is 0 Å². The summed E-state index contributed by atoms with van der Waals surface area (Å²) < 4.78 is -0.982. The molecule has 1 saturated carbocycles. The molecule has 0 aromatic carbocycles. The lowest BCUT2D eigenvalue weighted by molar-refractivity contribution is -0.143. The van der Waals surface area contributed by atoms with Crippen LogP contribution in [0.4, 0.5) is 0 Å². The second-order valence-electron chi connectivity index (χ2n) is 3.11. The Morgan fingerprint density at radius 1 is 1.62 bits per heavy atom. The summed E-state index contributed by atoms with van der Waals surface area (Å²) in [5.74, 6) is -1.81. The van der Waals surface area contributed by atoms with Gasteiger partial charge in [-0.1, -0.05) is 0 Å². The molecular formula is C7H9Cl2NO3. The van der Waals surface area contributed by atoms with E-state index < -0.39 is 16.2 Å². The fourth-order valence-corrected chi connectivity index (χ4v) is 1.52. The first-order chi connectivity index (χ1) is 5.84. The Kier molecular flexibility index (Phi) is 2.73. The first-order valence-electron chi connectivity index (χ1n) is 3.69. The quantitative estimate of drug-likeness (QED) is 0.721. The van der Waals surface area contributed by atoms with Crippen LogP contribution in [-0.2, 0) is 9.59 Å². The van der Waals surface area contributed by atoms with Gasteiger partial charge >= 0.3 is 5.97 Å². The Labute approximate surface area is 85.4 Å². The van der Waals surface area contributed by atoms with Crippen molar-refractivity contribution in [3.63, 3.8) is 0 Å². The number of likely N-dealkylation sites (N-methyl/N-ethyl adjacent to an activating group) is 1. The zero-order valence-electron chi connectivity index (χ0n) is 6.96. The average Bonchev–Trinajstić information content (AvgIpc) is 2.57. The van der Waals surface area contributed by atoms with Gasteiger partial charge in [0.05, 0.1) is 5.92 Å². The summed E-state index contributed by atoms with van der Waals surface area (Å²) in [6.45, 7) is -0.320. The summed E-state index contributed by atoms with van der Waals surface area (Å²) in [4.78, 5) is 22.7. The van der Waals surface area contributed by atoms with Crippen molar-refractivity contribution in [2.75, 3.05) is 13.6 Å². The van der Waals surface area contributed by atoms with E-state index in [-0.39, 0.29) is 12.5 Å². The second-order valence-corrected chi connectivity index (χ2v) is 4.65. The van der Waals surface area contributed by atoms with E-state index in [4.69, 9.17) is 28.3 Å². The molecule has 1 rings (SSSR count). The van der Waals surface area contributed by atoms with Crippen molar-refractivity contribution < 1.29 is 14.7 Å². The molecule has 13 heavy (non-hydrogen) atoms. The van der Waals surface area contributed by atoms with Gasteiger partial charge in [0, 0.05) is 7.05 Å². The maximum Gasteiger partial charge on any atom is 0.323 e. The summed E-state index contributed by atoms with van der Waals surface area (Å²) in [5.41, 5.74) is 0. The lowest BCUT2D eigenvalue weighted by Crippen LogP contribution is -2.34. The van der Waals surface area contributed by atoms with Crippen molar-refractivity contribution >= 4 is 35.1 Å². The van der Waals surface area contributed by atoms with Crippen LogP contribution in [0.5, 0.6) is 0 Å². The van der Waals surface area contributed by atoms with Crippen LogP contribution in [0.2, 0.25) is 0 Å². The third-order valence-electron chi connectivity index (χ3n) is 1.87. The number of nitrogens with zero attached hydrogens (tertiary/aromatic N) is 1. The highest BCUT2D eigenvalue weighted by Crippen LogP contribution is 2.53. The van der Waals surface area contributed by atoms with Gasteiger partial charge in [-0.25, -0.2) is 0 Å². The molecule has 1 aliphatic carbocycles. The van der Waals surface area contributed by atoms with Crippen molar-refractivity contribution in [3.05, 3.63) is 0 Å². The summed E-state index contributed by atoms with van der Waals surface area (Å²) in [6, 6.07) is 0.